The van der Waals surface area contributed by atoms with Crippen molar-refractivity contribution in [1.29, 1.82) is 0 Å². The summed E-state index contributed by atoms with van der Waals surface area (Å²) in [6, 6.07) is 14.2. The number of aliphatic hydroxyl groups is 1. The minimum Gasteiger partial charge on any atom is -0.394 e. The van der Waals surface area contributed by atoms with Crippen LogP contribution in [0.15, 0.2) is 57.9 Å². The Bertz CT molecular complexity index is 1160. The van der Waals surface area contributed by atoms with Gasteiger partial charge in [-0.1, -0.05) is 47.6 Å². The molecule has 2 aromatic carbocycles. The standard InChI is InChI=1S/C24H30N2O7S/c1-18-19(2)25-33-24(18)26(17-32-15-14-30-3)34(28,29)23-7-5-4-6-22(23)21-10-8-20(9-11-21)16-31-13-12-27/h4-11,27H,12-17H2,1-3H3. The third kappa shape index (κ3) is 6.02. The number of sulfonamides is 1. The lowest BCUT2D eigenvalue weighted by atomic mass is 10.0. The molecule has 0 aliphatic rings. The summed E-state index contributed by atoms with van der Waals surface area (Å²) in [5.41, 5.74) is 3.40. The second-order valence-corrected chi connectivity index (χ2v) is 9.38. The lowest BCUT2D eigenvalue weighted by molar-refractivity contribution is 0.0744. The van der Waals surface area contributed by atoms with Crippen LogP contribution in [0, 0.1) is 13.8 Å². The molecule has 3 aromatic rings. The van der Waals surface area contributed by atoms with Crippen molar-refractivity contribution >= 4 is 15.9 Å². The molecule has 0 saturated carbocycles. The van der Waals surface area contributed by atoms with Gasteiger partial charge in [0.15, 0.2) is 0 Å². The number of rotatable bonds is 13. The van der Waals surface area contributed by atoms with Gasteiger partial charge in [-0.25, -0.2) is 12.7 Å². The van der Waals surface area contributed by atoms with Gasteiger partial charge in [0.1, 0.15) is 6.73 Å². The topological polar surface area (TPSA) is 111 Å². The molecule has 0 unspecified atom stereocenters. The number of aromatic nitrogens is 1. The van der Waals surface area contributed by atoms with E-state index in [1.54, 1.807) is 45.2 Å². The number of aliphatic hydroxyl groups excluding tert-OH is 1. The summed E-state index contributed by atoms with van der Waals surface area (Å²) >= 11 is 0. The van der Waals surface area contributed by atoms with Gasteiger partial charge in [-0.3, -0.25) is 0 Å². The molecule has 34 heavy (non-hydrogen) atoms. The third-order valence-electron chi connectivity index (χ3n) is 5.22. The lowest BCUT2D eigenvalue weighted by Crippen LogP contribution is -2.34. The fourth-order valence-corrected chi connectivity index (χ4v) is 4.80. The summed E-state index contributed by atoms with van der Waals surface area (Å²) in [7, 11) is -2.53. The monoisotopic (exact) mass is 490 g/mol. The van der Waals surface area contributed by atoms with Crippen molar-refractivity contribution in [3.05, 3.63) is 65.4 Å². The summed E-state index contributed by atoms with van der Waals surface area (Å²) in [5.74, 6) is 0.112. The number of ether oxygens (including phenoxy) is 3. The van der Waals surface area contributed by atoms with Crippen LogP contribution in [-0.2, 0) is 30.8 Å². The maximum Gasteiger partial charge on any atom is 0.269 e. The molecule has 0 atom stereocenters. The second-order valence-electron chi connectivity index (χ2n) is 7.55. The van der Waals surface area contributed by atoms with E-state index in [1.807, 2.05) is 24.3 Å². The average Bonchev–Trinajstić information content (AvgIpc) is 3.17. The quantitative estimate of drug-likeness (QED) is 0.287. The Morgan fingerprint density at radius 2 is 1.74 bits per heavy atom. The van der Waals surface area contributed by atoms with Crippen LogP contribution in [0.2, 0.25) is 0 Å². The zero-order valence-corrected chi connectivity index (χ0v) is 20.4. The molecule has 0 saturated heterocycles. The van der Waals surface area contributed by atoms with Gasteiger partial charge in [0.25, 0.3) is 10.0 Å². The van der Waals surface area contributed by atoms with Gasteiger partial charge in [0, 0.05) is 18.2 Å². The predicted molar refractivity (Wildman–Crippen MR) is 127 cm³/mol. The first kappa shape index (κ1) is 25.9. The first-order chi connectivity index (χ1) is 16.4. The molecule has 0 amide bonds. The molecule has 184 valence electrons. The van der Waals surface area contributed by atoms with E-state index in [-0.39, 0.29) is 37.3 Å². The zero-order chi connectivity index (χ0) is 24.6. The minimum absolute atomic E-state index is 0.0425. The van der Waals surface area contributed by atoms with Gasteiger partial charge < -0.3 is 23.8 Å². The molecule has 0 fully saturated rings. The average molecular weight is 491 g/mol. The highest BCUT2D eigenvalue weighted by molar-refractivity contribution is 7.93. The van der Waals surface area contributed by atoms with Gasteiger partial charge in [-0.2, -0.15) is 0 Å². The molecule has 1 heterocycles. The van der Waals surface area contributed by atoms with E-state index in [2.05, 4.69) is 5.16 Å². The smallest absolute Gasteiger partial charge is 0.269 e. The predicted octanol–water partition coefficient (Wildman–Crippen LogP) is 3.28. The summed E-state index contributed by atoms with van der Waals surface area (Å²) in [6.07, 6.45) is 0. The summed E-state index contributed by atoms with van der Waals surface area (Å²) in [5, 5.41) is 12.8. The number of hydrogen-bond acceptors (Lipinski definition) is 8. The Morgan fingerprint density at radius 1 is 1.00 bits per heavy atom. The highest BCUT2D eigenvalue weighted by Gasteiger charge is 2.32. The summed E-state index contributed by atoms with van der Waals surface area (Å²) < 4.78 is 50.1. The Labute approximate surface area is 199 Å². The minimum atomic E-state index is -4.08. The van der Waals surface area contributed by atoms with Crippen LogP contribution in [0.3, 0.4) is 0 Å². The summed E-state index contributed by atoms with van der Waals surface area (Å²) in [4.78, 5) is 0.114. The van der Waals surface area contributed by atoms with Crippen LogP contribution in [0.1, 0.15) is 16.8 Å². The number of methoxy groups -OCH3 is 1. The first-order valence-electron chi connectivity index (χ1n) is 10.8. The van der Waals surface area contributed by atoms with Crippen molar-refractivity contribution in [3.63, 3.8) is 0 Å². The van der Waals surface area contributed by atoms with Crippen LogP contribution in [-0.4, -0.2) is 58.9 Å². The van der Waals surface area contributed by atoms with Crippen molar-refractivity contribution in [1.82, 2.24) is 5.16 Å². The number of aryl methyl sites for hydroxylation is 1. The number of hydrogen-bond donors (Lipinski definition) is 1. The van der Waals surface area contributed by atoms with Gasteiger partial charge in [-0.15, -0.1) is 0 Å². The molecule has 0 aliphatic carbocycles. The molecule has 9 nitrogen and oxygen atoms in total. The molecular weight excluding hydrogens is 460 g/mol. The molecule has 0 spiro atoms. The molecule has 1 N–H and O–H groups in total. The van der Waals surface area contributed by atoms with Crippen LogP contribution in [0.25, 0.3) is 11.1 Å². The second kappa shape index (κ2) is 12.1. The maximum atomic E-state index is 13.9. The van der Waals surface area contributed by atoms with E-state index in [0.29, 0.717) is 30.0 Å². The molecular formula is C24H30N2O7S. The van der Waals surface area contributed by atoms with Gasteiger partial charge in [0.2, 0.25) is 5.88 Å². The maximum absolute atomic E-state index is 13.9. The molecule has 3 rings (SSSR count). The van der Waals surface area contributed by atoms with E-state index in [1.165, 1.54) is 0 Å². The highest BCUT2D eigenvalue weighted by Crippen LogP contribution is 2.33. The largest absolute Gasteiger partial charge is 0.394 e. The zero-order valence-electron chi connectivity index (χ0n) is 19.6. The first-order valence-corrected chi connectivity index (χ1v) is 12.2. The number of benzene rings is 2. The number of nitrogens with zero attached hydrogens (tertiary/aromatic N) is 2. The SMILES string of the molecule is COCCOCN(c1onc(C)c1C)S(=O)(=O)c1ccccc1-c1ccc(COCCO)cc1. The molecule has 0 bridgehead atoms. The van der Waals surface area contributed by atoms with Crippen LogP contribution >= 0.6 is 0 Å². The Kier molecular flexibility index (Phi) is 9.20. The Hall–Kier alpha value is -2.76. The Balaban J connectivity index is 1.97. The highest BCUT2D eigenvalue weighted by atomic mass is 32.2. The lowest BCUT2D eigenvalue weighted by Gasteiger charge is -2.23. The molecule has 0 radical (unpaired) electrons. The third-order valence-corrected chi connectivity index (χ3v) is 6.99. The normalized spacial score (nSPS) is 11.6. The fourth-order valence-electron chi connectivity index (χ4n) is 3.25. The van der Waals surface area contributed by atoms with Crippen molar-refractivity contribution < 1.29 is 32.3 Å². The van der Waals surface area contributed by atoms with Crippen LogP contribution < -0.4 is 4.31 Å². The van der Waals surface area contributed by atoms with Crippen molar-refractivity contribution in [2.45, 2.75) is 25.3 Å². The molecule has 1 aromatic heterocycles. The Morgan fingerprint density at radius 3 is 2.38 bits per heavy atom. The molecule has 0 aliphatic heterocycles. The van der Waals surface area contributed by atoms with Crippen molar-refractivity contribution in [2.24, 2.45) is 0 Å². The van der Waals surface area contributed by atoms with E-state index in [0.717, 1.165) is 15.4 Å². The van der Waals surface area contributed by atoms with Gasteiger partial charge in [-0.05, 0) is 31.0 Å². The van der Waals surface area contributed by atoms with Crippen LogP contribution in [0.4, 0.5) is 5.88 Å². The van der Waals surface area contributed by atoms with Crippen molar-refractivity contribution in [2.75, 3.05) is 44.6 Å². The summed E-state index contributed by atoms with van der Waals surface area (Å²) in [6.45, 7) is 4.36. The number of anilines is 1. The molecule has 10 heteroatoms. The van der Waals surface area contributed by atoms with E-state index >= 15 is 0 Å². The fraction of sp³-hybridized carbons (Fsp3) is 0.375. The van der Waals surface area contributed by atoms with Gasteiger partial charge >= 0.3 is 0 Å². The van der Waals surface area contributed by atoms with E-state index in [9.17, 15) is 8.42 Å². The van der Waals surface area contributed by atoms with Gasteiger partial charge in [0.05, 0.1) is 43.6 Å². The van der Waals surface area contributed by atoms with Crippen LogP contribution in [0.5, 0.6) is 0 Å². The van der Waals surface area contributed by atoms with Crippen molar-refractivity contribution in [3.8, 4) is 11.1 Å². The van der Waals surface area contributed by atoms with E-state index < -0.39 is 10.0 Å². The van der Waals surface area contributed by atoms with E-state index in [4.69, 9.17) is 23.8 Å².